The maximum Gasteiger partial charge on any atom is 0.407 e. The van der Waals surface area contributed by atoms with E-state index in [1.54, 1.807) is 7.11 Å². The number of methoxy groups -OCH3 is 1. The molecule has 0 spiro atoms. The third-order valence-corrected chi connectivity index (χ3v) is 5.11. The van der Waals surface area contributed by atoms with E-state index in [2.05, 4.69) is 31.3 Å². The van der Waals surface area contributed by atoms with Crippen molar-refractivity contribution in [3.8, 4) is 0 Å². The Morgan fingerprint density at radius 2 is 1.96 bits per heavy atom. The monoisotopic (exact) mass is 347 g/mol. The minimum atomic E-state index is -0.302. The summed E-state index contributed by atoms with van der Waals surface area (Å²) in [6.07, 6.45) is 7.83. The summed E-state index contributed by atoms with van der Waals surface area (Å²) in [5, 5.41) is 3.05. The highest BCUT2D eigenvalue weighted by Gasteiger charge is 2.28. The topological polar surface area (TPSA) is 47.6 Å². The standard InChI is InChI=1S/C21H33NO3/c1-4-5-15-19(20(24-3)18-14-10-9-11-16(18)2)25-21(23)22-17-12-7-6-8-13-17/h9-11,14,17,19-20H,4-8,12-13,15H2,1-3H3,(H,22,23). The first-order valence-electron chi connectivity index (χ1n) is 9.71. The van der Waals surface area contributed by atoms with E-state index in [1.807, 2.05) is 12.1 Å². The van der Waals surface area contributed by atoms with E-state index in [0.29, 0.717) is 0 Å². The third kappa shape index (κ3) is 6.03. The second-order valence-corrected chi connectivity index (χ2v) is 7.08. The SMILES string of the molecule is CCCCC(OC(=O)NC1CCCCC1)C(OC)c1ccccc1C. The molecule has 0 aliphatic heterocycles. The lowest BCUT2D eigenvalue weighted by Gasteiger charge is -2.29. The molecule has 1 aliphatic carbocycles. The summed E-state index contributed by atoms with van der Waals surface area (Å²) in [7, 11) is 1.69. The Bertz CT molecular complexity index is 526. The lowest BCUT2D eigenvalue weighted by atomic mass is 9.95. The van der Waals surface area contributed by atoms with Crippen LogP contribution in [0.2, 0.25) is 0 Å². The van der Waals surface area contributed by atoms with Gasteiger partial charge in [0.05, 0.1) is 0 Å². The number of nitrogens with one attached hydrogen (secondary N) is 1. The number of amides is 1. The highest BCUT2D eigenvalue weighted by atomic mass is 16.6. The van der Waals surface area contributed by atoms with Gasteiger partial charge >= 0.3 is 6.09 Å². The number of aryl methyl sites for hydroxylation is 1. The Kier molecular flexibility index (Phi) is 8.26. The van der Waals surface area contributed by atoms with Gasteiger partial charge < -0.3 is 14.8 Å². The minimum Gasteiger partial charge on any atom is -0.443 e. The van der Waals surface area contributed by atoms with Crippen LogP contribution in [0.15, 0.2) is 24.3 Å². The first-order chi connectivity index (χ1) is 12.2. The summed E-state index contributed by atoms with van der Waals surface area (Å²) in [5.41, 5.74) is 2.25. The van der Waals surface area contributed by atoms with Gasteiger partial charge in [0.15, 0.2) is 0 Å². The van der Waals surface area contributed by atoms with Crippen molar-refractivity contribution in [2.24, 2.45) is 0 Å². The molecule has 1 aromatic carbocycles. The molecule has 1 amide bonds. The highest BCUT2D eigenvalue weighted by molar-refractivity contribution is 5.67. The van der Waals surface area contributed by atoms with E-state index in [4.69, 9.17) is 9.47 Å². The summed E-state index contributed by atoms with van der Waals surface area (Å²) in [6, 6.07) is 8.41. The average molecular weight is 347 g/mol. The van der Waals surface area contributed by atoms with Gasteiger partial charge in [0, 0.05) is 13.2 Å². The number of hydrogen-bond donors (Lipinski definition) is 1. The maximum atomic E-state index is 12.4. The predicted molar refractivity (Wildman–Crippen MR) is 101 cm³/mol. The molecule has 4 heteroatoms. The maximum absolute atomic E-state index is 12.4. The normalized spacial score (nSPS) is 17.7. The number of hydrogen-bond acceptors (Lipinski definition) is 3. The quantitative estimate of drug-likeness (QED) is 0.694. The van der Waals surface area contributed by atoms with Crippen LogP contribution in [0, 0.1) is 6.92 Å². The van der Waals surface area contributed by atoms with Crippen molar-refractivity contribution >= 4 is 6.09 Å². The zero-order valence-corrected chi connectivity index (χ0v) is 15.9. The molecule has 0 bridgehead atoms. The number of rotatable bonds is 8. The molecule has 1 N–H and O–H groups in total. The van der Waals surface area contributed by atoms with Gasteiger partial charge in [-0.25, -0.2) is 4.79 Å². The van der Waals surface area contributed by atoms with Crippen LogP contribution in [0.5, 0.6) is 0 Å². The molecule has 1 fully saturated rings. The number of carbonyl (C=O) groups is 1. The number of alkyl carbamates (subject to hydrolysis) is 1. The van der Waals surface area contributed by atoms with Crippen LogP contribution in [-0.4, -0.2) is 25.3 Å². The Balaban J connectivity index is 2.05. The molecule has 1 aliphatic rings. The molecule has 140 valence electrons. The molecule has 2 unspecified atom stereocenters. The van der Waals surface area contributed by atoms with Crippen LogP contribution in [0.25, 0.3) is 0 Å². The number of unbranched alkanes of at least 4 members (excludes halogenated alkanes) is 1. The van der Waals surface area contributed by atoms with Gasteiger partial charge in [-0.2, -0.15) is 0 Å². The summed E-state index contributed by atoms with van der Waals surface area (Å²) >= 11 is 0. The molecule has 0 radical (unpaired) electrons. The van der Waals surface area contributed by atoms with Gasteiger partial charge in [-0.3, -0.25) is 0 Å². The van der Waals surface area contributed by atoms with E-state index >= 15 is 0 Å². The molecule has 2 rings (SSSR count). The molecule has 0 heterocycles. The van der Waals surface area contributed by atoms with Crippen molar-refractivity contribution in [2.45, 2.75) is 83.5 Å². The van der Waals surface area contributed by atoms with E-state index in [-0.39, 0.29) is 24.3 Å². The molecule has 0 aromatic heterocycles. The van der Waals surface area contributed by atoms with E-state index in [0.717, 1.165) is 43.2 Å². The van der Waals surface area contributed by atoms with Crippen LogP contribution in [0.1, 0.15) is 75.5 Å². The Morgan fingerprint density at radius 1 is 1.24 bits per heavy atom. The predicted octanol–water partition coefficient (Wildman–Crippen LogP) is 5.30. The number of ether oxygens (including phenoxy) is 2. The summed E-state index contributed by atoms with van der Waals surface area (Å²) < 4.78 is 11.6. The van der Waals surface area contributed by atoms with E-state index in [9.17, 15) is 4.79 Å². The summed E-state index contributed by atoms with van der Waals surface area (Å²) in [5.74, 6) is 0. The van der Waals surface area contributed by atoms with Crippen LogP contribution in [0.4, 0.5) is 4.79 Å². The molecular formula is C21H33NO3. The Labute approximate surface area is 152 Å². The Hall–Kier alpha value is -1.55. The highest BCUT2D eigenvalue weighted by Crippen LogP contribution is 2.29. The van der Waals surface area contributed by atoms with Gasteiger partial charge in [0.25, 0.3) is 0 Å². The van der Waals surface area contributed by atoms with Gasteiger partial charge in [-0.1, -0.05) is 56.9 Å². The fourth-order valence-corrected chi connectivity index (χ4v) is 3.65. The zero-order chi connectivity index (χ0) is 18.1. The number of carbonyl (C=O) groups excluding carboxylic acids is 1. The second-order valence-electron chi connectivity index (χ2n) is 7.08. The molecule has 1 saturated carbocycles. The first-order valence-corrected chi connectivity index (χ1v) is 9.71. The van der Waals surface area contributed by atoms with Crippen molar-refractivity contribution in [1.82, 2.24) is 5.32 Å². The van der Waals surface area contributed by atoms with Gasteiger partial charge in [0.2, 0.25) is 0 Å². The summed E-state index contributed by atoms with van der Waals surface area (Å²) in [4.78, 5) is 12.4. The second kappa shape index (κ2) is 10.4. The fourth-order valence-electron chi connectivity index (χ4n) is 3.65. The fraction of sp³-hybridized carbons (Fsp3) is 0.667. The largest absolute Gasteiger partial charge is 0.443 e. The van der Waals surface area contributed by atoms with E-state index in [1.165, 1.54) is 19.3 Å². The van der Waals surface area contributed by atoms with E-state index < -0.39 is 0 Å². The lowest BCUT2D eigenvalue weighted by Crippen LogP contribution is -2.39. The third-order valence-electron chi connectivity index (χ3n) is 5.11. The first kappa shape index (κ1) is 19.8. The number of benzene rings is 1. The molecule has 25 heavy (non-hydrogen) atoms. The summed E-state index contributed by atoms with van der Waals surface area (Å²) in [6.45, 7) is 4.22. The molecule has 0 saturated heterocycles. The smallest absolute Gasteiger partial charge is 0.407 e. The Morgan fingerprint density at radius 3 is 2.60 bits per heavy atom. The van der Waals surface area contributed by atoms with Gasteiger partial charge in [-0.05, 0) is 43.7 Å². The molecular weight excluding hydrogens is 314 g/mol. The van der Waals surface area contributed by atoms with Gasteiger partial charge in [0.1, 0.15) is 12.2 Å². The molecule has 4 nitrogen and oxygen atoms in total. The lowest BCUT2D eigenvalue weighted by molar-refractivity contribution is -0.0296. The molecule has 2 atom stereocenters. The zero-order valence-electron chi connectivity index (χ0n) is 15.9. The van der Waals surface area contributed by atoms with Crippen molar-refractivity contribution in [3.63, 3.8) is 0 Å². The average Bonchev–Trinajstić information content (AvgIpc) is 2.62. The van der Waals surface area contributed by atoms with Crippen LogP contribution >= 0.6 is 0 Å². The van der Waals surface area contributed by atoms with Crippen molar-refractivity contribution in [1.29, 1.82) is 0 Å². The van der Waals surface area contributed by atoms with Gasteiger partial charge in [-0.15, -0.1) is 0 Å². The van der Waals surface area contributed by atoms with Crippen LogP contribution < -0.4 is 5.32 Å². The van der Waals surface area contributed by atoms with Crippen LogP contribution in [0.3, 0.4) is 0 Å². The molecule has 1 aromatic rings. The minimum absolute atomic E-state index is 0.232. The van der Waals surface area contributed by atoms with Crippen molar-refractivity contribution in [2.75, 3.05) is 7.11 Å². The van der Waals surface area contributed by atoms with Crippen LogP contribution in [-0.2, 0) is 9.47 Å². The van der Waals surface area contributed by atoms with Crippen molar-refractivity contribution in [3.05, 3.63) is 35.4 Å². The van der Waals surface area contributed by atoms with Crippen molar-refractivity contribution < 1.29 is 14.3 Å².